The Bertz CT molecular complexity index is 1580. The molecule has 2 N–H and O–H groups in total. The Labute approximate surface area is 189 Å². The predicted molar refractivity (Wildman–Crippen MR) is 124 cm³/mol. The topological polar surface area (TPSA) is 132 Å². The highest BCUT2D eigenvalue weighted by atomic mass is 32.2. The smallest absolute Gasteiger partial charge is 0.336 e. The van der Waals surface area contributed by atoms with E-state index in [9.17, 15) is 21.6 Å². The van der Waals surface area contributed by atoms with Crippen LogP contribution in [0.15, 0.2) is 97.9 Å². The summed E-state index contributed by atoms with van der Waals surface area (Å²) in [5.41, 5.74) is 0.263. The van der Waals surface area contributed by atoms with Crippen LogP contribution in [0, 0.1) is 0 Å². The maximum absolute atomic E-state index is 12.7. The van der Waals surface area contributed by atoms with E-state index in [4.69, 9.17) is 9.15 Å². The number of hydrogen-bond donors (Lipinski definition) is 2. The van der Waals surface area contributed by atoms with Crippen molar-refractivity contribution in [3.05, 3.63) is 89.3 Å². The highest BCUT2D eigenvalue weighted by Gasteiger charge is 2.18. The van der Waals surface area contributed by atoms with Crippen molar-refractivity contribution in [2.24, 2.45) is 0 Å². The van der Waals surface area contributed by atoms with Crippen LogP contribution >= 0.6 is 0 Å². The number of ether oxygens (including phenoxy) is 1. The molecule has 170 valence electrons. The summed E-state index contributed by atoms with van der Waals surface area (Å²) in [6.07, 6.45) is 0. The van der Waals surface area contributed by atoms with Gasteiger partial charge in [0.2, 0.25) is 0 Å². The fraction of sp³-hybridized carbons (Fsp3) is 0.0455. The second-order valence-corrected chi connectivity index (χ2v) is 10.3. The van der Waals surface area contributed by atoms with E-state index in [1.54, 1.807) is 24.3 Å². The molecule has 0 fully saturated rings. The average Bonchev–Trinajstić information content (AvgIpc) is 2.79. The van der Waals surface area contributed by atoms with E-state index in [1.807, 2.05) is 0 Å². The van der Waals surface area contributed by atoms with Gasteiger partial charge in [-0.1, -0.05) is 0 Å². The van der Waals surface area contributed by atoms with Gasteiger partial charge in [-0.15, -0.1) is 0 Å². The number of anilines is 2. The largest absolute Gasteiger partial charge is 0.497 e. The molecule has 0 bridgehead atoms. The first kappa shape index (κ1) is 22.4. The quantitative estimate of drug-likeness (QED) is 0.383. The number of fused-ring (bicyclic) bond motifs is 1. The van der Waals surface area contributed by atoms with Crippen molar-refractivity contribution in [2.45, 2.75) is 9.79 Å². The lowest BCUT2D eigenvalue weighted by molar-refractivity contribution is 0.415. The zero-order valence-electron chi connectivity index (χ0n) is 17.2. The fourth-order valence-electron chi connectivity index (χ4n) is 3.01. The molecule has 0 aliphatic heterocycles. The van der Waals surface area contributed by atoms with Crippen LogP contribution < -0.4 is 19.8 Å². The third-order valence-electron chi connectivity index (χ3n) is 4.66. The van der Waals surface area contributed by atoms with Gasteiger partial charge in [0.25, 0.3) is 20.0 Å². The molecule has 9 nitrogen and oxygen atoms in total. The van der Waals surface area contributed by atoms with Crippen LogP contribution in [0.1, 0.15) is 0 Å². The number of sulfonamides is 2. The van der Waals surface area contributed by atoms with E-state index in [0.717, 1.165) is 0 Å². The van der Waals surface area contributed by atoms with Gasteiger partial charge in [0, 0.05) is 22.8 Å². The Morgan fingerprint density at radius 3 is 1.85 bits per heavy atom. The minimum absolute atomic E-state index is 0.0398. The van der Waals surface area contributed by atoms with E-state index in [-0.39, 0.29) is 21.1 Å². The molecule has 0 atom stereocenters. The summed E-state index contributed by atoms with van der Waals surface area (Å²) in [4.78, 5) is 11.2. The molecule has 0 radical (unpaired) electrons. The molecule has 4 aromatic rings. The van der Waals surface area contributed by atoms with Crippen LogP contribution in [-0.4, -0.2) is 23.9 Å². The van der Waals surface area contributed by atoms with Crippen molar-refractivity contribution < 1.29 is 26.0 Å². The molecular formula is C22H18N2O7S2. The van der Waals surface area contributed by atoms with Crippen molar-refractivity contribution in [1.82, 2.24) is 0 Å². The van der Waals surface area contributed by atoms with Crippen LogP contribution in [0.3, 0.4) is 0 Å². The van der Waals surface area contributed by atoms with Crippen LogP contribution in [0.4, 0.5) is 11.4 Å². The summed E-state index contributed by atoms with van der Waals surface area (Å²) in [5.74, 6) is 0.588. The Morgan fingerprint density at radius 1 is 0.697 bits per heavy atom. The van der Waals surface area contributed by atoms with E-state index < -0.39 is 25.7 Å². The number of nitrogens with one attached hydrogen (secondary N) is 2. The van der Waals surface area contributed by atoms with E-state index >= 15 is 0 Å². The summed E-state index contributed by atoms with van der Waals surface area (Å²) >= 11 is 0. The van der Waals surface area contributed by atoms with Gasteiger partial charge < -0.3 is 9.15 Å². The van der Waals surface area contributed by atoms with Crippen molar-refractivity contribution in [2.75, 3.05) is 16.6 Å². The third-order valence-corrected chi connectivity index (χ3v) is 7.44. The second kappa shape index (κ2) is 8.60. The monoisotopic (exact) mass is 486 g/mol. The number of benzene rings is 3. The van der Waals surface area contributed by atoms with Crippen molar-refractivity contribution >= 4 is 42.4 Å². The summed E-state index contributed by atoms with van der Waals surface area (Å²) in [6, 6.07) is 18.4. The minimum Gasteiger partial charge on any atom is -0.497 e. The molecule has 0 unspecified atom stereocenters. The summed E-state index contributed by atoms with van der Waals surface area (Å²) < 4.78 is 65.6. The van der Waals surface area contributed by atoms with Gasteiger partial charge in [-0.3, -0.25) is 9.44 Å². The lowest BCUT2D eigenvalue weighted by Crippen LogP contribution is -2.14. The molecule has 4 rings (SSSR count). The van der Waals surface area contributed by atoms with Crippen molar-refractivity contribution in [3.8, 4) is 5.75 Å². The summed E-state index contributed by atoms with van der Waals surface area (Å²) in [5, 5.41) is 0.448. The molecular weight excluding hydrogens is 468 g/mol. The number of rotatable bonds is 7. The molecule has 0 saturated heterocycles. The molecule has 1 aromatic heterocycles. The maximum atomic E-state index is 12.7. The molecule has 0 spiro atoms. The SMILES string of the molecule is COc1ccc(NS(=O)(=O)c2ccc(NS(=O)(=O)c3ccc4oc(=O)ccc4c3)cc2)cc1. The van der Waals surface area contributed by atoms with Gasteiger partial charge in [-0.05, 0) is 72.8 Å². The third kappa shape index (κ3) is 4.99. The van der Waals surface area contributed by atoms with Crippen LogP contribution in [0.5, 0.6) is 5.75 Å². The van der Waals surface area contributed by atoms with Gasteiger partial charge in [-0.2, -0.15) is 0 Å². The van der Waals surface area contributed by atoms with E-state index in [0.29, 0.717) is 16.8 Å². The number of methoxy groups -OCH3 is 1. The highest BCUT2D eigenvalue weighted by Crippen LogP contribution is 2.23. The van der Waals surface area contributed by atoms with Crippen LogP contribution in [0.25, 0.3) is 11.0 Å². The normalized spacial score (nSPS) is 11.8. The number of hydrogen-bond acceptors (Lipinski definition) is 7. The molecule has 0 amide bonds. The van der Waals surface area contributed by atoms with Gasteiger partial charge in [0.1, 0.15) is 11.3 Å². The Balaban J connectivity index is 1.52. The zero-order chi connectivity index (χ0) is 23.6. The van der Waals surface area contributed by atoms with Crippen molar-refractivity contribution in [3.63, 3.8) is 0 Å². The fourth-order valence-corrected chi connectivity index (χ4v) is 5.16. The van der Waals surface area contributed by atoms with E-state index in [2.05, 4.69) is 9.44 Å². The molecule has 0 aliphatic rings. The first-order valence-electron chi connectivity index (χ1n) is 9.50. The van der Waals surface area contributed by atoms with Crippen molar-refractivity contribution in [1.29, 1.82) is 0 Å². The van der Waals surface area contributed by atoms with Gasteiger partial charge in [0.15, 0.2) is 0 Å². The highest BCUT2D eigenvalue weighted by molar-refractivity contribution is 7.93. The van der Waals surface area contributed by atoms with Gasteiger partial charge in [0.05, 0.1) is 16.9 Å². The second-order valence-electron chi connectivity index (χ2n) is 6.92. The average molecular weight is 487 g/mol. The molecule has 0 aliphatic carbocycles. The van der Waals surface area contributed by atoms with Gasteiger partial charge in [-0.25, -0.2) is 21.6 Å². The van der Waals surface area contributed by atoms with Crippen LogP contribution in [-0.2, 0) is 20.0 Å². The standard InChI is InChI=1S/C22H18N2O7S2/c1-30-18-7-3-16(4-8-18)23-32(26,27)19-9-5-17(6-10-19)24-33(28,29)20-11-12-21-15(14-20)2-13-22(25)31-21/h2-14,23-24H,1H3. The predicted octanol–water partition coefficient (Wildman–Crippen LogP) is 3.40. The Kier molecular flexibility index (Phi) is 5.83. The van der Waals surface area contributed by atoms with Crippen LogP contribution in [0.2, 0.25) is 0 Å². The zero-order valence-corrected chi connectivity index (χ0v) is 18.8. The van der Waals surface area contributed by atoms with E-state index in [1.165, 1.54) is 61.7 Å². The molecule has 33 heavy (non-hydrogen) atoms. The maximum Gasteiger partial charge on any atom is 0.336 e. The molecule has 1 heterocycles. The minimum atomic E-state index is -3.97. The lowest BCUT2D eigenvalue weighted by atomic mass is 10.2. The lowest BCUT2D eigenvalue weighted by Gasteiger charge is -2.11. The molecule has 0 saturated carbocycles. The summed E-state index contributed by atoms with van der Waals surface area (Å²) in [6.45, 7) is 0. The molecule has 3 aromatic carbocycles. The molecule has 11 heteroatoms. The summed E-state index contributed by atoms with van der Waals surface area (Å²) in [7, 11) is -6.33. The Morgan fingerprint density at radius 2 is 1.24 bits per heavy atom. The first-order chi connectivity index (χ1) is 15.7. The Hall–Kier alpha value is -3.83. The van der Waals surface area contributed by atoms with Gasteiger partial charge >= 0.3 is 5.63 Å². The first-order valence-corrected chi connectivity index (χ1v) is 12.5.